The summed E-state index contributed by atoms with van der Waals surface area (Å²) in [6.45, 7) is 13.5. The van der Waals surface area contributed by atoms with Crippen LogP contribution in [0.3, 0.4) is 0 Å². The van der Waals surface area contributed by atoms with E-state index in [2.05, 4.69) is 10.3 Å². The number of halogens is 4. The smallest absolute Gasteiger partial charge is 0.407 e. The van der Waals surface area contributed by atoms with Gasteiger partial charge in [-0.3, -0.25) is 9.59 Å². The van der Waals surface area contributed by atoms with Crippen LogP contribution >= 0.6 is 0 Å². The molecule has 3 rings (SSSR count). The van der Waals surface area contributed by atoms with E-state index in [0.717, 1.165) is 18.2 Å². The van der Waals surface area contributed by atoms with Crippen LogP contribution in [0.2, 0.25) is 18.1 Å². The Bertz CT molecular complexity index is 1400. The molecule has 3 aromatic rings. The van der Waals surface area contributed by atoms with Crippen LogP contribution < -0.4 is 5.32 Å². The highest BCUT2D eigenvalue weighted by Crippen LogP contribution is 2.38. The summed E-state index contributed by atoms with van der Waals surface area (Å²) in [4.78, 5) is 29.6. The molecule has 0 saturated heterocycles. The van der Waals surface area contributed by atoms with Crippen LogP contribution in [0.15, 0.2) is 54.6 Å². The molecule has 39 heavy (non-hydrogen) atoms. The van der Waals surface area contributed by atoms with Crippen molar-refractivity contribution in [3.8, 4) is 11.3 Å². The van der Waals surface area contributed by atoms with E-state index in [-0.39, 0.29) is 27.5 Å². The second-order valence-corrected chi connectivity index (χ2v) is 15.7. The van der Waals surface area contributed by atoms with Crippen LogP contribution in [0.5, 0.6) is 0 Å². The molecular formula is C29H32F4N2O3Si. The van der Waals surface area contributed by atoms with Gasteiger partial charge in [0.25, 0.3) is 5.91 Å². The maximum absolute atomic E-state index is 15.1. The lowest BCUT2D eigenvalue weighted by Gasteiger charge is -2.38. The Balaban J connectivity index is 1.84. The SMILES string of the molecule is Cc1ccc(NC(=O)c2cccc(C(F)(F)F)c2)cc1-c1ccc(C(=O)C(C)O[Si](C)(C)C(C)(C)C)c(F)n1. The van der Waals surface area contributed by atoms with Crippen molar-refractivity contribution in [3.05, 3.63) is 82.8 Å². The van der Waals surface area contributed by atoms with Crippen LogP contribution in [0.1, 0.15) is 59.5 Å². The van der Waals surface area contributed by atoms with Gasteiger partial charge in [-0.25, -0.2) is 4.98 Å². The zero-order valence-corrected chi connectivity index (χ0v) is 24.0. The molecule has 2 aromatic carbocycles. The number of anilines is 1. The van der Waals surface area contributed by atoms with Crippen LogP contribution in [-0.2, 0) is 10.6 Å². The molecule has 0 radical (unpaired) electrons. The van der Waals surface area contributed by atoms with E-state index < -0.39 is 43.8 Å². The minimum Gasteiger partial charge on any atom is -0.407 e. The summed E-state index contributed by atoms with van der Waals surface area (Å²) >= 11 is 0. The van der Waals surface area contributed by atoms with E-state index in [1.54, 1.807) is 32.0 Å². The molecule has 0 spiro atoms. The van der Waals surface area contributed by atoms with Gasteiger partial charge in [-0.2, -0.15) is 17.6 Å². The number of rotatable bonds is 7. The van der Waals surface area contributed by atoms with Gasteiger partial charge in [-0.15, -0.1) is 0 Å². The van der Waals surface area contributed by atoms with Gasteiger partial charge in [-0.05, 0) is 80.0 Å². The molecule has 208 valence electrons. The van der Waals surface area contributed by atoms with E-state index in [0.29, 0.717) is 11.1 Å². The maximum Gasteiger partial charge on any atom is 0.416 e. The molecule has 1 aromatic heterocycles. The van der Waals surface area contributed by atoms with Gasteiger partial charge in [-0.1, -0.05) is 32.9 Å². The third-order valence-electron chi connectivity index (χ3n) is 6.98. The second kappa shape index (κ2) is 11.0. The van der Waals surface area contributed by atoms with Gasteiger partial charge < -0.3 is 9.74 Å². The quantitative estimate of drug-likeness (QED) is 0.137. The number of nitrogens with zero attached hydrogens (tertiary/aromatic N) is 1. The Kier molecular flexibility index (Phi) is 8.52. The van der Waals surface area contributed by atoms with E-state index in [1.165, 1.54) is 18.2 Å². The number of aryl methyl sites for hydroxylation is 1. The normalized spacial score (nSPS) is 13.2. The van der Waals surface area contributed by atoms with Crippen LogP contribution in [0.25, 0.3) is 11.3 Å². The van der Waals surface area contributed by atoms with Crippen molar-refractivity contribution < 1.29 is 31.6 Å². The Morgan fingerprint density at radius 2 is 1.67 bits per heavy atom. The number of alkyl halides is 3. The standard InChI is InChI=1S/C29H32F4N2O3Si/c1-17-11-12-21(34-27(37)19-9-8-10-20(15-19)29(31,32)33)16-23(17)24-14-13-22(26(30)35-24)25(36)18(2)38-39(6,7)28(3,4)5/h8-16,18H,1-7H3,(H,34,37). The zero-order valence-electron chi connectivity index (χ0n) is 23.0. The van der Waals surface area contributed by atoms with Crippen molar-refractivity contribution in [1.82, 2.24) is 4.98 Å². The highest BCUT2D eigenvalue weighted by atomic mass is 28.4. The molecule has 1 heterocycles. The van der Waals surface area contributed by atoms with Gasteiger partial charge in [0, 0.05) is 16.8 Å². The number of aromatic nitrogens is 1. The molecule has 1 amide bonds. The van der Waals surface area contributed by atoms with E-state index in [4.69, 9.17) is 4.43 Å². The van der Waals surface area contributed by atoms with Gasteiger partial charge >= 0.3 is 6.18 Å². The lowest BCUT2D eigenvalue weighted by molar-refractivity contribution is -0.137. The summed E-state index contributed by atoms with van der Waals surface area (Å²) in [5, 5.41) is 2.45. The van der Waals surface area contributed by atoms with Crippen molar-refractivity contribution in [2.24, 2.45) is 0 Å². The average Bonchev–Trinajstić information content (AvgIpc) is 2.83. The zero-order chi connectivity index (χ0) is 29.3. The second-order valence-electron chi connectivity index (χ2n) is 11.0. The fourth-order valence-corrected chi connectivity index (χ4v) is 5.02. The van der Waals surface area contributed by atoms with Crippen molar-refractivity contribution in [2.75, 3.05) is 5.32 Å². The number of pyridine rings is 1. The maximum atomic E-state index is 15.1. The van der Waals surface area contributed by atoms with Crippen molar-refractivity contribution in [3.63, 3.8) is 0 Å². The van der Waals surface area contributed by atoms with Crippen LogP contribution in [0.4, 0.5) is 23.2 Å². The number of carbonyl (C=O) groups is 2. The molecule has 1 atom stereocenters. The first kappa shape index (κ1) is 30.2. The molecule has 0 fully saturated rings. The molecule has 5 nitrogen and oxygen atoms in total. The van der Waals surface area contributed by atoms with E-state index in [9.17, 15) is 22.8 Å². The lowest BCUT2D eigenvalue weighted by atomic mass is 10.0. The molecule has 10 heteroatoms. The first-order valence-corrected chi connectivity index (χ1v) is 15.3. The van der Waals surface area contributed by atoms with E-state index >= 15 is 4.39 Å². The van der Waals surface area contributed by atoms with Crippen molar-refractivity contribution >= 4 is 25.7 Å². The molecule has 0 aliphatic carbocycles. The van der Waals surface area contributed by atoms with Gasteiger partial charge in [0.15, 0.2) is 14.1 Å². The minimum absolute atomic E-state index is 0.124. The summed E-state index contributed by atoms with van der Waals surface area (Å²) in [6.07, 6.45) is -5.42. The predicted octanol–water partition coefficient (Wildman–Crippen LogP) is 8.06. The average molecular weight is 561 g/mol. The number of nitrogens with one attached hydrogen (secondary N) is 1. The number of ketones is 1. The molecule has 0 aliphatic heterocycles. The number of benzene rings is 2. The van der Waals surface area contributed by atoms with Crippen molar-refractivity contribution in [1.29, 1.82) is 0 Å². The highest BCUT2D eigenvalue weighted by Gasteiger charge is 2.40. The predicted molar refractivity (Wildman–Crippen MR) is 146 cm³/mol. The minimum atomic E-state index is -4.58. The number of carbonyl (C=O) groups excluding carboxylic acids is 2. The molecular weight excluding hydrogens is 528 g/mol. The Hall–Kier alpha value is -3.37. The number of amides is 1. The van der Waals surface area contributed by atoms with Gasteiger partial charge in [0.1, 0.15) is 6.10 Å². The number of hydrogen-bond donors (Lipinski definition) is 1. The Morgan fingerprint density at radius 1 is 1.00 bits per heavy atom. The van der Waals surface area contributed by atoms with Crippen molar-refractivity contribution in [2.45, 2.75) is 65.0 Å². The first-order valence-electron chi connectivity index (χ1n) is 12.4. The van der Waals surface area contributed by atoms with Gasteiger partial charge in [0.2, 0.25) is 5.95 Å². The Labute approximate surface area is 226 Å². The number of Topliss-reactive ketones (excluding diaryl/α,β-unsaturated/α-hetero) is 1. The number of hydrogen-bond acceptors (Lipinski definition) is 4. The summed E-state index contributed by atoms with van der Waals surface area (Å²) in [5.74, 6) is -2.18. The van der Waals surface area contributed by atoms with Gasteiger partial charge in [0.05, 0.1) is 16.8 Å². The lowest BCUT2D eigenvalue weighted by Crippen LogP contribution is -2.45. The Morgan fingerprint density at radius 3 is 2.26 bits per heavy atom. The fourth-order valence-electron chi connectivity index (χ4n) is 3.68. The first-order chi connectivity index (χ1) is 17.9. The topological polar surface area (TPSA) is 68.3 Å². The monoisotopic (exact) mass is 560 g/mol. The van der Waals surface area contributed by atoms with E-state index in [1.807, 2.05) is 33.9 Å². The summed E-state index contributed by atoms with van der Waals surface area (Å²) in [5.41, 5.74) is 0.446. The third kappa shape index (κ3) is 6.99. The summed E-state index contributed by atoms with van der Waals surface area (Å²) in [6, 6.07) is 11.8. The summed E-state index contributed by atoms with van der Waals surface area (Å²) < 4.78 is 60.3. The van der Waals surface area contributed by atoms with Crippen LogP contribution in [-0.4, -0.2) is 31.1 Å². The fraction of sp³-hybridized carbons (Fsp3) is 0.345. The highest BCUT2D eigenvalue weighted by molar-refractivity contribution is 6.74. The third-order valence-corrected chi connectivity index (χ3v) is 11.5. The molecule has 1 unspecified atom stereocenters. The molecule has 1 N–H and O–H groups in total. The van der Waals surface area contributed by atoms with Crippen LogP contribution in [0, 0.1) is 12.9 Å². The largest absolute Gasteiger partial charge is 0.416 e. The molecule has 0 bridgehead atoms. The molecule has 0 saturated carbocycles. The molecule has 0 aliphatic rings. The summed E-state index contributed by atoms with van der Waals surface area (Å²) in [7, 11) is -2.26.